The molecule has 0 spiro atoms. The van der Waals surface area contributed by atoms with Gasteiger partial charge >= 0.3 is 6.18 Å². The molecule has 1 atom stereocenters. The number of halogens is 4. The van der Waals surface area contributed by atoms with E-state index in [4.69, 9.17) is 0 Å². The van der Waals surface area contributed by atoms with Crippen LogP contribution >= 0.6 is 23.3 Å². The molecule has 24 heavy (non-hydrogen) atoms. The van der Waals surface area contributed by atoms with Crippen LogP contribution in [0.25, 0.3) is 0 Å². The molecular weight excluding hydrogens is 364 g/mol. The molecule has 1 N–H and O–H groups in total. The van der Waals surface area contributed by atoms with Gasteiger partial charge < -0.3 is 4.90 Å². The summed E-state index contributed by atoms with van der Waals surface area (Å²) in [7, 11) is 3.20. The highest BCUT2D eigenvalue weighted by atomic mass is 32.2. The highest BCUT2D eigenvalue weighted by molar-refractivity contribution is 7.99. The number of benzene rings is 1. The van der Waals surface area contributed by atoms with E-state index in [0.717, 1.165) is 47.6 Å². The highest BCUT2D eigenvalue weighted by Crippen LogP contribution is 2.36. The van der Waals surface area contributed by atoms with Crippen molar-refractivity contribution in [1.29, 1.82) is 0 Å². The van der Waals surface area contributed by atoms with Crippen LogP contribution in [0.3, 0.4) is 0 Å². The number of nitrogens with zero attached hydrogens (tertiary/aromatic N) is 1. The van der Waals surface area contributed by atoms with Crippen molar-refractivity contribution in [3.05, 3.63) is 52.7 Å². The predicted molar refractivity (Wildman–Crippen MR) is 86.5 cm³/mol. The van der Waals surface area contributed by atoms with E-state index in [9.17, 15) is 22.4 Å². The highest BCUT2D eigenvalue weighted by Gasteiger charge is 2.41. The lowest BCUT2D eigenvalue weighted by atomic mass is 10.1. The van der Waals surface area contributed by atoms with Gasteiger partial charge in [0.15, 0.2) is 0 Å². The molecule has 1 aromatic heterocycles. The van der Waals surface area contributed by atoms with Gasteiger partial charge in [-0.05, 0) is 41.8 Å². The molecule has 2 aromatic rings. The van der Waals surface area contributed by atoms with Crippen LogP contribution in [0.2, 0.25) is 0 Å². The first-order valence-electron chi connectivity index (χ1n) is 6.74. The van der Waals surface area contributed by atoms with Gasteiger partial charge in [0.1, 0.15) is 11.9 Å². The summed E-state index contributed by atoms with van der Waals surface area (Å²) in [6.07, 6.45) is -4.54. The first kappa shape index (κ1) is 18.8. The Balaban J connectivity index is 2.11. The van der Waals surface area contributed by atoms with Crippen LogP contribution in [0.4, 0.5) is 17.6 Å². The van der Waals surface area contributed by atoms with Crippen molar-refractivity contribution in [2.75, 3.05) is 14.1 Å². The molecule has 3 nitrogen and oxygen atoms in total. The Morgan fingerprint density at radius 3 is 2.33 bits per heavy atom. The van der Waals surface area contributed by atoms with E-state index in [1.54, 1.807) is 26.2 Å². The van der Waals surface area contributed by atoms with Crippen molar-refractivity contribution in [2.24, 2.45) is 0 Å². The zero-order chi connectivity index (χ0) is 17.9. The number of carbonyl (C=O) groups is 1. The zero-order valence-corrected chi connectivity index (χ0v) is 14.4. The van der Waals surface area contributed by atoms with Gasteiger partial charge in [-0.3, -0.25) is 4.79 Å². The minimum atomic E-state index is -4.54. The van der Waals surface area contributed by atoms with Gasteiger partial charge in [0.05, 0.1) is 9.09 Å². The van der Waals surface area contributed by atoms with E-state index < -0.39 is 18.0 Å². The number of hydrogen-bond donors (Lipinski definition) is 1. The van der Waals surface area contributed by atoms with Crippen molar-refractivity contribution in [3.8, 4) is 0 Å². The van der Waals surface area contributed by atoms with E-state index in [1.165, 1.54) is 4.90 Å². The van der Waals surface area contributed by atoms with Crippen LogP contribution in [-0.4, -0.2) is 31.1 Å². The Hall–Kier alpha value is -1.58. The molecule has 130 valence electrons. The van der Waals surface area contributed by atoms with E-state index in [2.05, 4.69) is 4.72 Å². The average Bonchev–Trinajstić information content (AvgIpc) is 2.96. The maximum Gasteiger partial charge on any atom is 0.408 e. The van der Waals surface area contributed by atoms with Crippen molar-refractivity contribution in [2.45, 2.75) is 16.4 Å². The summed E-state index contributed by atoms with van der Waals surface area (Å²) in [5, 5.41) is 0. The maximum atomic E-state index is 13.2. The number of nitrogens with one attached hydrogen (secondary N) is 1. The maximum absolute atomic E-state index is 13.2. The molecule has 0 saturated heterocycles. The van der Waals surface area contributed by atoms with Crippen molar-refractivity contribution in [1.82, 2.24) is 9.62 Å². The first-order valence-corrected chi connectivity index (χ1v) is 8.38. The molecular formula is C15H14F4N2OS2. The predicted octanol–water partition coefficient (Wildman–Crippen LogP) is 4.49. The smallest absolute Gasteiger partial charge is 0.344 e. The molecule has 0 aliphatic heterocycles. The number of rotatable bonds is 5. The van der Waals surface area contributed by atoms with Crippen molar-refractivity contribution < 1.29 is 22.4 Å². The molecule has 1 unspecified atom stereocenters. The molecule has 0 fully saturated rings. The van der Waals surface area contributed by atoms with E-state index in [-0.39, 0.29) is 11.5 Å². The summed E-state index contributed by atoms with van der Waals surface area (Å²) in [6.45, 7) is 0. The molecule has 1 amide bonds. The van der Waals surface area contributed by atoms with Gasteiger partial charge in [-0.15, -0.1) is 11.3 Å². The average molecular weight is 378 g/mol. The number of carbonyl (C=O) groups excluding carboxylic acids is 1. The first-order chi connectivity index (χ1) is 11.2. The number of alkyl halides is 3. The molecule has 1 heterocycles. The topological polar surface area (TPSA) is 32.3 Å². The quantitative estimate of drug-likeness (QED) is 0.615. The Labute approximate surface area is 144 Å². The molecule has 2 rings (SSSR count). The van der Waals surface area contributed by atoms with Gasteiger partial charge in [0.25, 0.3) is 5.91 Å². The molecule has 0 bridgehead atoms. The lowest BCUT2D eigenvalue weighted by Crippen LogP contribution is -2.30. The largest absolute Gasteiger partial charge is 0.408 e. The standard InChI is InChI=1S/C15H14F4N2OS2/c1-21(2)14(22)11-7-8-12(23-11)24-20-13(15(17,18)19)9-3-5-10(16)6-4-9/h3-8,13,20H,1-2H3. The third-order valence-corrected chi connectivity index (χ3v) is 5.07. The van der Waals surface area contributed by atoms with Crippen LogP contribution < -0.4 is 4.72 Å². The number of thiophene rings is 1. The molecule has 0 saturated carbocycles. The molecule has 1 aromatic carbocycles. The summed E-state index contributed by atoms with van der Waals surface area (Å²) >= 11 is 1.89. The zero-order valence-electron chi connectivity index (χ0n) is 12.7. The van der Waals surface area contributed by atoms with Crippen molar-refractivity contribution in [3.63, 3.8) is 0 Å². The fourth-order valence-corrected chi connectivity index (χ4v) is 3.79. The van der Waals surface area contributed by atoms with Gasteiger partial charge in [-0.25, -0.2) is 9.11 Å². The summed E-state index contributed by atoms with van der Waals surface area (Å²) in [5.74, 6) is -0.810. The lowest BCUT2D eigenvalue weighted by Gasteiger charge is -2.21. The number of hydrogen-bond acceptors (Lipinski definition) is 4. The van der Waals surface area contributed by atoms with E-state index in [0.29, 0.717) is 9.09 Å². The SMILES string of the molecule is CN(C)C(=O)c1ccc(SNC(c2ccc(F)cc2)C(F)(F)F)s1. The van der Waals surface area contributed by atoms with Gasteiger partial charge in [0.2, 0.25) is 0 Å². The van der Waals surface area contributed by atoms with Crippen LogP contribution in [0.15, 0.2) is 40.6 Å². The molecule has 0 aliphatic carbocycles. The van der Waals surface area contributed by atoms with Crippen molar-refractivity contribution >= 4 is 29.2 Å². The Kier molecular flexibility index (Phi) is 5.89. The number of amides is 1. The summed E-state index contributed by atoms with van der Waals surface area (Å²) in [4.78, 5) is 13.6. The minimum absolute atomic E-state index is 0.0856. The fourth-order valence-electron chi connectivity index (χ4n) is 1.81. The van der Waals surface area contributed by atoms with E-state index >= 15 is 0 Å². The van der Waals surface area contributed by atoms with Crippen LogP contribution in [-0.2, 0) is 0 Å². The third-order valence-electron chi connectivity index (χ3n) is 3.01. The third kappa shape index (κ3) is 4.71. The second-order valence-electron chi connectivity index (χ2n) is 5.06. The van der Waals surface area contributed by atoms with Gasteiger partial charge in [-0.2, -0.15) is 13.2 Å². The minimum Gasteiger partial charge on any atom is -0.344 e. The monoisotopic (exact) mass is 378 g/mol. The van der Waals surface area contributed by atoms with Crippen LogP contribution in [0, 0.1) is 5.82 Å². The summed E-state index contributed by atoms with van der Waals surface area (Å²) in [6, 6.07) is 5.36. The normalized spacial score (nSPS) is 12.9. The van der Waals surface area contributed by atoms with Crippen LogP contribution in [0.1, 0.15) is 21.3 Å². The lowest BCUT2D eigenvalue weighted by molar-refractivity contribution is -0.152. The fraction of sp³-hybridized carbons (Fsp3) is 0.267. The summed E-state index contributed by atoms with van der Waals surface area (Å²) < 4.78 is 55.4. The second kappa shape index (κ2) is 7.54. The Bertz CT molecular complexity index is 698. The summed E-state index contributed by atoms with van der Waals surface area (Å²) in [5.41, 5.74) is -0.0856. The molecule has 0 radical (unpaired) electrons. The van der Waals surface area contributed by atoms with Gasteiger partial charge in [-0.1, -0.05) is 12.1 Å². The van der Waals surface area contributed by atoms with Crippen LogP contribution in [0.5, 0.6) is 0 Å². The molecule has 9 heteroatoms. The Morgan fingerprint density at radius 2 is 1.79 bits per heavy atom. The van der Waals surface area contributed by atoms with Gasteiger partial charge in [0, 0.05) is 14.1 Å². The Morgan fingerprint density at radius 1 is 1.17 bits per heavy atom. The second-order valence-corrected chi connectivity index (χ2v) is 7.29. The molecule has 0 aliphatic rings. The van der Waals surface area contributed by atoms with E-state index in [1.807, 2.05) is 0 Å².